The smallest absolute Gasteiger partial charge is 0.282 e. The van der Waals surface area contributed by atoms with Gasteiger partial charge in [-0.3, -0.25) is 14.5 Å². The van der Waals surface area contributed by atoms with Crippen LogP contribution in [0.4, 0.5) is 0 Å². The van der Waals surface area contributed by atoms with E-state index in [1.807, 2.05) is 59.2 Å². The number of para-hydroxylation sites is 2. The van der Waals surface area contributed by atoms with E-state index in [4.69, 9.17) is 9.47 Å². The van der Waals surface area contributed by atoms with Crippen molar-refractivity contribution >= 4 is 16.9 Å². The normalized spacial score (nSPS) is 28.7. The molecule has 8 heteroatoms. The summed E-state index contributed by atoms with van der Waals surface area (Å²) in [6, 6.07) is 19.1. The molecular formula is C35H44N4O4. The molecule has 3 aromatic rings. The second-order valence-corrected chi connectivity index (χ2v) is 13.1. The van der Waals surface area contributed by atoms with Gasteiger partial charge in [0.1, 0.15) is 6.10 Å². The maximum absolute atomic E-state index is 14.2. The minimum absolute atomic E-state index is 0.0406. The van der Waals surface area contributed by atoms with Gasteiger partial charge in [-0.1, -0.05) is 74.6 Å². The number of hydrogen-bond donors (Lipinski definition) is 1. The number of fused-ring (bicyclic) bond motifs is 3. The second-order valence-electron chi connectivity index (χ2n) is 13.1. The SMILES string of the molecule is COC1OC1C(Cc1ccccc1)NC(=O)c1nc2ccccc2n(C2C[C@H]3CC[C@@H](C2)N3C2CCCCCCC2)c1=O. The Hall–Kier alpha value is -3.07. The summed E-state index contributed by atoms with van der Waals surface area (Å²) in [6.45, 7) is 0. The molecule has 4 heterocycles. The predicted molar refractivity (Wildman–Crippen MR) is 166 cm³/mol. The van der Waals surface area contributed by atoms with Gasteiger partial charge in [-0.05, 0) is 62.6 Å². The number of carbonyl (C=O) groups excluding carboxylic acids is 1. The number of nitrogens with one attached hydrogen (secondary N) is 1. The highest BCUT2D eigenvalue weighted by molar-refractivity contribution is 5.94. The van der Waals surface area contributed by atoms with Crippen LogP contribution in [0.2, 0.25) is 0 Å². The summed E-state index contributed by atoms with van der Waals surface area (Å²) < 4.78 is 13.0. The van der Waals surface area contributed by atoms with E-state index in [9.17, 15) is 9.59 Å². The van der Waals surface area contributed by atoms with Crippen LogP contribution >= 0.6 is 0 Å². The number of rotatable bonds is 8. The van der Waals surface area contributed by atoms with Gasteiger partial charge in [-0.25, -0.2) is 4.98 Å². The van der Waals surface area contributed by atoms with Gasteiger partial charge >= 0.3 is 0 Å². The van der Waals surface area contributed by atoms with E-state index in [-0.39, 0.29) is 35.7 Å². The number of ether oxygens (including phenoxy) is 2. The third-order valence-corrected chi connectivity index (χ3v) is 10.4. The Bertz CT molecular complexity index is 1470. The molecule has 2 aromatic carbocycles. The fourth-order valence-corrected chi connectivity index (χ4v) is 8.33. The minimum atomic E-state index is -0.453. The van der Waals surface area contributed by atoms with Crippen molar-refractivity contribution in [1.82, 2.24) is 19.8 Å². The van der Waals surface area contributed by atoms with Crippen LogP contribution in [0.25, 0.3) is 11.0 Å². The van der Waals surface area contributed by atoms with Crippen molar-refractivity contribution in [2.45, 2.75) is 120 Å². The molecule has 7 rings (SSSR count). The zero-order valence-corrected chi connectivity index (χ0v) is 25.2. The quantitative estimate of drug-likeness (QED) is 0.357. The average molecular weight is 585 g/mol. The first-order valence-electron chi connectivity index (χ1n) is 16.4. The van der Waals surface area contributed by atoms with Crippen LogP contribution in [-0.4, -0.2) is 64.0 Å². The molecule has 2 bridgehead atoms. The number of benzene rings is 2. The van der Waals surface area contributed by atoms with Crippen molar-refractivity contribution in [2.75, 3.05) is 7.11 Å². The van der Waals surface area contributed by atoms with E-state index in [0.29, 0.717) is 30.1 Å². The predicted octanol–water partition coefficient (Wildman–Crippen LogP) is 5.39. The maximum Gasteiger partial charge on any atom is 0.282 e. The molecular weight excluding hydrogens is 540 g/mol. The Balaban J connectivity index is 1.17. The molecule has 0 radical (unpaired) electrons. The van der Waals surface area contributed by atoms with Gasteiger partial charge in [0.2, 0.25) is 0 Å². The molecule has 3 aliphatic heterocycles. The first-order valence-corrected chi connectivity index (χ1v) is 16.4. The van der Waals surface area contributed by atoms with Crippen molar-refractivity contribution in [2.24, 2.45) is 0 Å². The van der Waals surface area contributed by atoms with Gasteiger partial charge in [0, 0.05) is 31.3 Å². The monoisotopic (exact) mass is 584 g/mol. The molecule has 4 aliphatic rings. The number of aromatic nitrogens is 2. The second kappa shape index (κ2) is 12.5. The molecule has 4 fully saturated rings. The maximum atomic E-state index is 14.2. The molecule has 1 amide bonds. The third kappa shape index (κ3) is 5.89. The molecule has 4 unspecified atom stereocenters. The van der Waals surface area contributed by atoms with E-state index in [2.05, 4.69) is 15.2 Å². The van der Waals surface area contributed by atoms with Crippen LogP contribution in [0.1, 0.15) is 92.7 Å². The molecule has 8 nitrogen and oxygen atoms in total. The number of piperidine rings is 1. The highest BCUT2D eigenvalue weighted by atomic mass is 16.8. The van der Waals surface area contributed by atoms with E-state index in [1.165, 1.54) is 57.8 Å². The highest BCUT2D eigenvalue weighted by Gasteiger charge is 2.47. The lowest BCUT2D eigenvalue weighted by molar-refractivity contribution is 0.0497. The fraction of sp³-hybridized carbons (Fsp3) is 0.571. The number of nitrogens with zero attached hydrogens (tertiary/aromatic N) is 3. The zero-order valence-electron chi connectivity index (χ0n) is 25.2. The molecule has 1 N–H and O–H groups in total. The molecule has 1 saturated carbocycles. The lowest BCUT2D eigenvalue weighted by Gasteiger charge is -2.45. The van der Waals surface area contributed by atoms with E-state index < -0.39 is 5.91 Å². The van der Waals surface area contributed by atoms with Crippen molar-refractivity contribution in [3.8, 4) is 0 Å². The summed E-state index contributed by atoms with van der Waals surface area (Å²) in [5, 5.41) is 3.11. The molecule has 3 saturated heterocycles. The van der Waals surface area contributed by atoms with Crippen LogP contribution < -0.4 is 10.9 Å². The van der Waals surface area contributed by atoms with Crippen molar-refractivity contribution in [1.29, 1.82) is 0 Å². The summed E-state index contributed by atoms with van der Waals surface area (Å²) >= 11 is 0. The largest absolute Gasteiger partial charge is 0.353 e. The summed E-state index contributed by atoms with van der Waals surface area (Å²) in [7, 11) is 1.60. The van der Waals surface area contributed by atoms with Gasteiger partial charge < -0.3 is 19.4 Å². The molecule has 228 valence electrons. The zero-order chi connectivity index (χ0) is 29.3. The Kier molecular flexibility index (Phi) is 8.34. The molecule has 1 aromatic heterocycles. The van der Waals surface area contributed by atoms with Crippen molar-refractivity contribution < 1.29 is 14.3 Å². The van der Waals surface area contributed by atoms with Crippen molar-refractivity contribution in [3.63, 3.8) is 0 Å². The van der Waals surface area contributed by atoms with Gasteiger partial charge in [-0.2, -0.15) is 0 Å². The van der Waals surface area contributed by atoms with E-state index in [1.54, 1.807) is 7.11 Å². The fourth-order valence-electron chi connectivity index (χ4n) is 8.33. The van der Waals surface area contributed by atoms with Crippen LogP contribution in [0.15, 0.2) is 59.4 Å². The van der Waals surface area contributed by atoms with Gasteiger partial charge in [-0.15, -0.1) is 0 Å². The van der Waals surface area contributed by atoms with Gasteiger partial charge in [0.25, 0.3) is 11.5 Å². The molecule has 1 aliphatic carbocycles. The number of methoxy groups -OCH3 is 1. The first-order chi connectivity index (χ1) is 21.1. The summed E-state index contributed by atoms with van der Waals surface area (Å²) in [5.74, 6) is -0.453. The Labute approximate surface area is 253 Å². The minimum Gasteiger partial charge on any atom is -0.353 e. The average Bonchev–Trinajstić information content (AvgIpc) is 3.75. The summed E-state index contributed by atoms with van der Waals surface area (Å²) in [6.07, 6.45) is 13.6. The van der Waals surface area contributed by atoms with Gasteiger partial charge in [0.05, 0.1) is 17.1 Å². The Morgan fingerprint density at radius 3 is 2.28 bits per heavy atom. The standard InChI is InChI=1S/C35H44N4O4/c1-42-35-32(43-35)29(20-23-12-6-5-7-13-23)37-33(40)31-34(41)39(30-17-11-10-16-28(30)36-31)27-21-25-18-19-26(22-27)38(25)24-14-8-3-2-4-9-15-24/h5-7,10-13,16-17,24-27,29,32,35H,2-4,8-9,14-15,18-22H2,1H3,(H,37,40)/t25-,26+,27?,29?,32?,35?. The van der Waals surface area contributed by atoms with Crippen LogP contribution in [0, 0.1) is 0 Å². The number of carbonyl (C=O) groups is 1. The van der Waals surface area contributed by atoms with Gasteiger partial charge in [0.15, 0.2) is 12.0 Å². The Morgan fingerprint density at radius 2 is 1.58 bits per heavy atom. The number of hydrogen-bond acceptors (Lipinski definition) is 6. The summed E-state index contributed by atoms with van der Waals surface area (Å²) in [5.41, 5.74) is 2.24. The lowest BCUT2D eigenvalue weighted by atomic mass is 9.89. The first kappa shape index (κ1) is 28.7. The third-order valence-electron chi connectivity index (χ3n) is 10.4. The number of epoxide rings is 1. The van der Waals surface area contributed by atoms with Crippen LogP contribution in [0.3, 0.4) is 0 Å². The van der Waals surface area contributed by atoms with Crippen molar-refractivity contribution in [3.05, 3.63) is 76.2 Å². The van der Waals surface area contributed by atoms with Crippen LogP contribution in [0.5, 0.6) is 0 Å². The van der Waals surface area contributed by atoms with Crippen LogP contribution in [-0.2, 0) is 15.9 Å². The van der Waals surface area contributed by atoms with E-state index in [0.717, 1.165) is 23.9 Å². The molecule has 43 heavy (non-hydrogen) atoms. The molecule has 0 spiro atoms. The molecule has 6 atom stereocenters. The Morgan fingerprint density at radius 1 is 0.907 bits per heavy atom. The lowest BCUT2D eigenvalue weighted by Crippen LogP contribution is -2.50. The summed E-state index contributed by atoms with van der Waals surface area (Å²) in [4.78, 5) is 35.6. The highest BCUT2D eigenvalue weighted by Crippen LogP contribution is 2.44. The number of amides is 1. The topological polar surface area (TPSA) is 89.0 Å². The van der Waals surface area contributed by atoms with E-state index >= 15 is 0 Å².